The Morgan fingerprint density at radius 1 is 1.00 bits per heavy atom. The van der Waals surface area contributed by atoms with Crippen LogP contribution in [0.1, 0.15) is 35.2 Å². The first-order chi connectivity index (χ1) is 9.51. The van der Waals surface area contributed by atoms with Gasteiger partial charge in [-0.2, -0.15) is 0 Å². The van der Waals surface area contributed by atoms with Crippen LogP contribution in [-0.2, 0) is 0 Å². The highest BCUT2D eigenvalue weighted by Crippen LogP contribution is 2.29. The van der Waals surface area contributed by atoms with Crippen LogP contribution in [-0.4, -0.2) is 6.54 Å². The molecule has 0 spiro atoms. The van der Waals surface area contributed by atoms with Crippen molar-refractivity contribution in [3.63, 3.8) is 0 Å². The lowest BCUT2D eigenvalue weighted by Gasteiger charge is -2.22. The first kappa shape index (κ1) is 15.4. The second kappa shape index (κ2) is 6.62. The van der Waals surface area contributed by atoms with Gasteiger partial charge in [0.2, 0.25) is 0 Å². The maximum atomic E-state index is 6.13. The molecular formula is C17H19Cl2N. The molecule has 1 N–H and O–H groups in total. The molecule has 0 aliphatic heterocycles. The van der Waals surface area contributed by atoms with Crippen LogP contribution in [0, 0.1) is 13.8 Å². The third kappa shape index (κ3) is 3.54. The Morgan fingerprint density at radius 2 is 1.65 bits per heavy atom. The molecule has 0 amide bonds. The largest absolute Gasteiger partial charge is 0.307 e. The Balaban J connectivity index is 2.49. The lowest BCUT2D eigenvalue weighted by Crippen LogP contribution is -2.22. The van der Waals surface area contributed by atoms with E-state index in [-0.39, 0.29) is 6.04 Å². The smallest absolute Gasteiger partial charge is 0.0580 e. The van der Waals surface area contributed by atoms with E-state index in [2.05, 4.69) is 44.3 Å². The van der Waals surface area contributed by atoms with Gasteiger partial charge in [0.05, 0.1) is 6.04 Å². The van der Waals surface area contributed by atoms with Crippen LogP contribution >= 0.6 is 23.2 Å². The van der Waals surface area contributed by atoms with Gasteiger partial charge < -0.3 is 5.32 Å². The minimum absolute atomic E-state index is 0.108. The van der Waals surface area contributed by atoms with E-state index in [9.17, 15) is 0 Å². The van der Waals surface area contributed by atoms with Crippen LogP contribution in [0.15, 0.2) is 36.4 Å². The summed E-state index contributed by atoms with van der Waals surface area (Å²) in [6, 6.07) is 12.3. The summed E-state index contributed by atoms with van der Waals surface area (Å²) in [5.41, 5.74) is 4.89. The van der Waals surface area contributed by atoms with E-state index in [1.54, 1.807) is 6.07 Å². The van der Waals surface area contributed by atoms with Crippen molar-refractivity contribution in [3.8, 4) is 0 Å². The fourth-order valence-electron chi connectivity index (χ4n) is 2.50. The van der Waals surface area contributed by atoms with Crippen molar-refractivity contribution in [2.75, 3.05) is 6.54 Å². The normalized spacial score (nSPS) is 12.4. The summed E-state index contributed by atoms with van der Waals surface area (Å²) < 4.78 is 0. The molecule has 0 radical (unpaired) electrons. The third-order valence-corrected chi connectivity index (χ3v) is 3.80. The molecule has 1 atom stereocenters. The summed E-state index contributed by atoms with van der Waals surface area (Å²) in [6.07, 6.45) is 0. The van der Waals surface area contributed by atoms with E-state index in [0.29, 0.717) is 10.0 Å². The molecule has 3 heteroatoms. The highest BCUT2D eigenvalue weighted by molar-refractivity contribution is 6.34. The summed E-state index contributed by atoms with van der Waals surface area (Å²) in [5.74, 6) is 0. The van der Waals surface area contributed by atoms with Crippen molar-refractivity contribution in [3.05, 3.63) is 68.7 Å². The van der Waals surface area contributed by atoms with Crippen LogP contribution < -0.4 is 5.32 Å². The van der Waals surface area contributed by atoms with Gasteiger partial charge in [-0.1, -0.05) is 53.9 Å². The summed E-state index contributed by atoms with van der Waals surface area (Å²) in [7, 11) is 0. The predicted octanol–water partition coefficient (Wildman–Crippen LogP) is 5.31. The van der Waals surface area contributed by atoms with Crippen molar-refractivity contribution in [2.24, 2.45) is 0 Å². The van der Waals surface area contributed by atoms with Crippen LogP contribution in [0.4, 0.5) is 0 Å². The van der Waals surface area contributed by atoms with E-state index in [1.165, 1.54) is 16.7 Å². The first-order valence-electron chi connectivity index (χ1n) is 6.77. The van der Waals surface area contributed by atoms with Gasteiger partial charge in [0.1, 0.15) is 0 Å². The van der Waals surface area contributed by atoms with E-state index < -0.39 is 0 Å². The zero-order chi connectivity index (χ0) is 14.7. The predicted molar refractivity (Wildman–Crippen MR) is 87.9 cm³/mol. The van der Waals surface area contributed by atoms with E-state index in [1.807, 2.05) is 12.1 Å². The summed E-state index contributed by atoms with van der Waals surface area (Å²) in [6.45, 7) is 7.22. The van der Waals surface area contributed by atoms with Gasteiger partial charge in [-0.15, -0.1) is 0 Å². The number of aryl methyl sites for hydroxylation is 2. The Labute approximate surface area is 130 Å². The van der Waals surface area contributed by atoms with Gasteiger partial charge in [-0.3, -0.25) is 0 Å². The summed E-state index contributed by atoms with van der Waals surface area (Å²) >= 11 is 12.3. The van der Waals surface area contributed by atoms with E-state index in [4.69, 9.17) is 23.2 Å². The monoisotopic (exact) mass is 307 g/mol. The number of hydrogen-bond acceptors (Lipinski definition) is 1. The van der Waals surface area contributed by atoms with Crippen molar-refractivity contribution in [1.82, 2.24) is 5.32 Å². The molecular weight excluding hydrogens is 289 g/mol. The lowest BCUT2D eigenvalue weighted by molar-refractivity contribution is 0.627. The topological polar surface area (TPSA) is 12.0 Å². The molecule has 0 aromatic heterocycles. The average Bonchev–Trinajstić information content (AvgIpc) is 2.35. The molecule has 2 aromatic carbocycles. The van der Waals surface area contributed by atoms with Crippen molar-refractivity contribution >= 4 is 23.2 Å². The van der Waals surface area contributed by atoms with Gasteiger partial charge in [0.15, 0.2) is 0 Å². The molecule has 2 rings (SSSR count). The lowest BCUT2D eigenvalue weighted by atomic mass is 9.94. The van der Waals surface area contributed by atoms with Gasteiger partial charge >= 0.3 is 0 Å². The van der Waals surface area contributed by atoms with E-state index in [0.717, 1.165) is 12.1 Å². The molecule has 2 aromatic rings. The van der Waals surface area contributed by atoms with Gasteiger partial charge in [-0.25, -0.2) is 0 Å². The Bertz CT molecular complexity index is 588. The van der Waals surface area contributed by atoms with E-state index >= 15 is 0 Å². The average molecular weight is 308 g/mol. The molecule has 0 saturated carbocycles. The second-order valence-electron chi connectivity index (χ2n) is 5.05. The van der Waals surface area contributed by atoms with Crippen molar-refractivity contribution < 1.29 is 0 Å². The standard InChI is InChI=1S/C17H19Cl2N/c1-4-20-17(13-8-14(18)10-15(19)9-13)16-6-5-11(2)7-12(16)3/h5-10,17,20H,4H2,1-3H3. The molecule has 106 valence electrons. The molecule has 0 heterocycles. The van der Waals surface area contributed by atoms with Crippen molar-refractivity contribution in [1.29, 1.82) is 0 Å². The SMILES string of the molecule is CCNC(c1cc(Cl)cc(Cl)c1)c1ccc(C)cc1C. The maximum absolute atomic E-state index is 6.13. The Hall–Kier alpha value is -1.02. The number of nitrogens with one attached hydrogen (secondary N) is 1. The highest BCUT2D eigenvalue weighted by atomic mass is 35.5. The van der Waals surface area contributed by atoms with Crippen LogP contribution in [0.5, 0.6) is 0 Å². The highest BCUT2D eigenvalue weighted by Gasteiger charge is 2.16. The number of rotatable bonds is 4. The summed E-state index contributed by atoms with van der Waals surface area (Å²) in [4.78, 5) is 0. The molecule has 0 fully saturated rings. The Kier molecular flexibility index (Phi) is 5.09. The van der Waals surface area contributed by atoms with Gasteiger partial charge in [-0.05, 0) is 55.3 Å². The van der Waals surface area contributed by atoms with Crippen LogP contribution in [0.2, 0.25) is 10.0 Å². The minimum Gasteiger partial charge on any atom is -0.307 e. The molecule has 1 unspecified atom stereocenters. The molecule has 0 bridgehead atoms. The Morgan fingerprint density at radius 3 is 2.20 bits per heavy atom. The maximum Gasteiger partial charge on any atom is 0.0580 e. The zero-order valence-corrected chi connectivity index (χ0v) is 13.5. The quantitative estimate of drug-likeness (QED) is 0.807. The molecule has 1 nitrogen and oxygen atoms in total. The number of hydrogen-bond donors (Lipinski definition) is 1. The van der Waals surface area contributed by atoms with Gasteiger partial charge in [0, 0.05) is 10.0 Å². The van der Waals surface area contributed by atoms with Crippen LogP contribution in [0.3, 0.4) is 0 Å². The first-order valence-corrected chi connectivity index (χ1v) is 7.53. The third-order valence-electron chi connectivity index (χ3n) is 3.36. The number of halogens is 2. The van der Waals surface area contributed by atoms with Crippen LogP contribution in [0.25, 0.3) is 0 Å². The minimum atomic E-state index is 0.108. The van der Waals surface area contributed by atoms with Gasteiger partial charge in [0.25, 0.3) is 0 Å². The molecule has 0 aliphatic carbocycles. The number of benzene rings is 2. The fourth-order valence-corrected chi connectivity index (χ4v) is 3.05. The zero-order valence-electron chi connectivity index (χ0n) is 12.0. The molecule has 0 aliphatic rings. The molecule has 0 saturated heterocycles. The summed E-state index contributed by atoms with van der Waals surface area (Å²) in [5, 5.41) is 4.85. The molecule has 20 heavy (non-hydrogen) atoms. The van der Waals surface area contributed by atoms with Crippen molar-refractivity contribution in [2.45, 2.75) is 26.8 Å². The second-order valence-corrected chi connectivity index (χ2v) is 5.93. The fraction of sp³-hybridized carbons (Fsp3) is 0.294.